The fraction of sp³-hybridized carbons (Fsp3) is 0.929. The van der Waals surface area contributed by atoms with Crippen molar-refractivity contribution in [2.45, 2.75) is 46.5 Å². The zero-order valence-corrected chi connectivity index (χ0v) is 13.8. The van der Waals surface area contributed by atoms with E-state index in [-0.39, 0.29) is 11.7 Å². The summed E-state index contributed by atoms with van der Waals surface area (Å²) in [7, 11) is -3.15. The van der Waals surface area contributed by atoms with Gasteiger partial charge in [0.05, 0.1) is 5.75 Å². The molecule has 1 rings (SSSR count). The first-order valence-corrected chi connectivity index (χ1v) is 9.23. The number of carbonyl (C=O) groups is 1. The molecule has 20 heavy (non-hydrogen) atoms. The standard InChI is InChI=1S/C14H28N2O3S/c1-4-5-11-20(18,19)16-8-6-7-15(9-10-16)14(17)12-13(2)3/h13H,4-12H2,1-3H3. The van der Waals surface area contributed by atoms with Crippen LogP contribution in [0.1, 0.15) is 46.5 Å². The fourth-order valence-electron chi connectivity index (χ4n) is 2.36. The minimum atomic E-state index is -3.15. The van der Waals surface area contributed by atoms with Crippen LogP contribution in [0.25, 0.3) is 0 Å². The third-order valence-corrected chi connectivity index (χ3v) is 5.50. The highest BCUT2D eigenvalue weighted by molar-refractivity contribution is 7.89. The molecule has 0 unspecified atom stereocenters. The number of nitrogens with zero attached hydrogens (tertiary/aromatic N) is 2. The minimum Gasteiger partial charge on any atom is -0.341 e. The lowest BCUT2D eigenvalue weighted by Gasteiger charge is -2.22. The van der Waals surface area contributed by atoms with Gasteiger partial charge in [-0.1, -0.05) is 27.2 Å². The van der Waals surface area contributed by atoms with Gasteiger partial charge in [-0.25, -0.2) is 12.7 Å². The molecule has 1 aliphatic heterocycles. The number of hydrogen-bond donors (Lipinski definition) is 0. The smallest absolute Gasteiger partial charge is 0.222 e. The predicted molar refractivity (Wildman–Crippen MR) is 80.9 cm³/mol. The van der Waals surface area contributed by atoms with Crippen LogP contribution in [-0.4, -0.2) is 55.5 Å². The number of carbonyl (C=O) groups excluding carboxylic acids is 1. The average Bonchev–Trinajstić information content (AvgIpc) is 2.61. The highest BCUT2D eigenvalue weighted by Gasteiger charge is 2.26. The van der Waals surface area contributed by atoms with Gasteiger partial charge in [-0.15, -0.1) is 0 Å². The maximum absolute atomic E-state index is 12.2. The van der Waals surface area contributed by atoms with Gasteiger partial charge < -0.3 is 4.90 Å². The molecule has 0 radical (unpaired) electrons. The zero-order valence-electron chi connectivity index (χ0n) is 13.0. The van der Waals surface area contributed by atoms with Gasteiger partial charge in [0.2, 0.25) is 15.9 Å². The molecule has 5 nitrogen and oxygen atoms in total. The Kier molecular flexibility index (Phi) is 6.95. The Balaban J connectivity index is 2.57. The van der Waals surface area contributed by atoms with Gasteiger partial charge in [-0.05, 0) is 18.8 Å². The third-order valence-electron chi connectivity index (χ3n) is 3.54. The lowest BCUT2D eigenvalue weighted by atomic mass is 10.1. The summed E-state index contributed by atoms with van der Waals surface area (Å²) in [5.41, 5.74) is 0. The van der Waals surface area contributed by atoms with Crippen molar-refractivity contribution in [1.82, 2.24) is 9.21 Å². The van der Waals surface area contributed by atoms with Gasteiger partial charge in [0.15, 0.2) is 0 Å². The van der Waals surface area contributed by atoms with E-state index >= 15 is 0 Å². The van der Waals surface area contributed by atoms with E-state index < -0.39 is 10.0 Å². The van der Waals surface area contributed by atoms with Crippen LogP contribution in [-0.2, 0) is 14.8 Å². The summed E-state index contributed by atoms with van der Waals surface area (Å²) in [6.07, 6.45) is 2.86. The molecule has 0 N–H and O–H groups in total. The number of sulfonamides is 1. The van der Waals surface area contributed by atoms with E-state index in [1.807, 2.05) is 25.7 Å². The van der Waals surface area contributed by atoms with Crippen LogP contribution in [0.15, 0.2) is 0 Å². The molecule has 0 aliphatic carbocycles. The van der Waals surface area contributed by atoms with E-state index in [1.54, 1.807) is 4.31 Å². The molecule has 1 aliphatic rings. The summed E-state index contributed by atoms with van der Waals surface area (Å²) in [4.78, 5) is 13.9. The van der Waals surface area contributed by atoms with E-state index in [2.05, 4.69) is 0 Å². The van der Waals surface area contributed by atoms with Crippen LogP contribution in [0.4, 0.5) is 0 Å². The Bertz CT molecular complexity index is 407. The molecule has 1 amide bonds. The van der Waals surface area contributed by atoms with Crippen molar-refractivity contribution in [3.8, 4) is 0 Å². The molecule has 0 atom stereocenters. The van der Waals surface area contributed by atoms with Gasteiger partial charge in [0.25, 0.3) is 0 Å². The van der Waals surface area contributed by atoms with Gasteiger partial charge in [-0.3, -0.25) is 4.79 Å². The lowest BCUT2D eigenvalue weighted by molar-refractivity contribution is -0.131. The van der Waals surface area contributed by atoms with Crippen molar-refractivity contribution in [3.63, 3.8) is 0 Å². The van der Waals surface area contributed by atoms with Gasteiger partial charge >= 0.3 is 0 Å². The summed E-state index contributed by atoms with van der Waals surface area (Å²) < 4.78 is 25.9. The Morgan fingerprint density at radius 2 is 1.85 bits per heavy atom. The summed E-state index contributed by atoms with van der Waals surface area (Å²) in [5.74, 6) is 0.714. The van der Waals surface area contributed by atoms with E-state index in [4.69, 9.17) is 0 Å². The van der Waals surface area contributed by atoms with Crippen LogP contribution in [0, 0.1) is 5.92 Å². The van der Waals surface area contributed by atoms with Crippen molar-refractivity contribution >= 4 is 15.9 Å². The molecular weight excluding hydrogens is 276 g/mol. The first kappa shape index (κ1) is 17.4. The first-order valence-electron chi connectivity index (χ1n) is 7.62. The van der Waals surface area contributed by atoms with Crippen LogP contribution in [0.3, 0.4) is 0 Å². The summed E-state index contributed by atoms with van der Waals surface area (Å²) >= 11 is 0. The molecule has 0 aromatic heterocycles. The Morgan fingerprint density at radius 1 is 1.15 bits per heavy atom. The van der Waals surface area contributed by atoms with Crippen LogP contribution in [0.5, 0.6) is 0 Å². The molecule has 0 aromatic rings. The summed E-state index contributed by atoms with van der Waals surface area (Å²) in [6, 6.07) is 0. The van der Waals surface area contributed by atoms with Crippen LogP contribution >= 0.6 is 0 Å². The quantitative estimate of drug-likeness (QED) is 0.750. The molecule has 118 valence electrons. The number of hydrogen-bond acceptors (Lipinski definition) is 3. The van der Waals surface area contributed by atoms with E-state index in [0.29, 0.717) is 44.9 Å². The molecule has 0 bridgehead atoms. The molecule has 1 heterocycles. The normalized spacial score (nSPS) is 18.3. The summed E-state index contributed by atoms with van der Waals surface area (Å²) in [6.45, 7) is 8.22. The highest BCUT2D eigenvalue weighted by atomic mass is 32.2. The average molecular weight is 304 g/mol. The van der Waals surface area contributed by atoms with Crippen molar-refractivity contribution in [3.05, 3.63) is 0 Å². The van der Waals surface area contributed by atoms with Crippen LogP contribution < -0.4 is 0 Å². The van der Waals surface area contributed by atoms with Crippen molar-refractivity contribution < 1.29 is 13.2 Å². The van der Waals surface area contributed by atoms with E-state index in [1.165, 1.54) is 0 Å². The second kappa shape index (κ2) is 7.98. The van der Waals surface area contributed by atoms with Crippen molar-refractivity contribution in [1.29, 1.82) is 0 Å². The highest BCUT2D eigenvalue weighted by Crippen LogP contribution is 2.12. The maximum Gasteiger partial charge on any atom is 0.222 e. The van der Waals surface area contributed by atoms with Gasteiger partial charge in [0, 0.05) is 32.6 Å². The second-order valence-corrected chi connectivity index (χ2v) is 7.99. The first-order chi connectivity index (χ1) is 9.36. The molecule has 1 fully saturated rings. The van der Waals surface area contributed by atoms with Crippen LogP contribution in [0.2, 0.25) is 0 Å². The minimum absolute atomic E-state index is 0.146. The molecule has 1 saturated heterocycles. The third kappa shape index (κ3) is 5.40. The number of amides is 1. The largest absolute Gasteiger partial charge is 0.341 e. The Labute approximate surface area is 123 Å². The van der Waals surface area contributed by atoms with E-state index in [9.17, 15) is 13.2 Å². The SMILES string of the molecule is CCCCS(=O)(=O)N1CCCN(C(=O)CC(C)C)CC1. The topological polar surface area (TPSA) is 57.7 Å². The van der Waals surface area contributed by atoms with E-state index in [0.717, 1.165) is 12.8 Å². The molecule has 0 saturated carbocycles. The number of rotatable bonds is 6. The van der Waals surface area contributed by atoms with Crippen molar-refractivity contribution in [2.75, 3.05) is 31.9 Å². The van der Waals surface area contributed by atoms with Gasteiger partial charge in [-0.2, -0.15) is 0 Å². The van der Waals surface area contributed by atoms with Gasteiger partial charge in [0.1, 0.15) is 0 Å². The second-order valence-electron chi connectivity index (χ2n) is 5.90. The molecule has 6 heteroatoms. The predicted octanol–water partition coefficient (Wildman–Crippen LogP) is 1.70. The Morgan fingerprint density at radius 3 is 2.45 bits per heavy atom. The zero-order chi connectivity index (χ0) is 15.2. The Hall–Kier alpha value is -0.620. The molecular formula is C14H28N2O3S. The lowest BCUT2D eigenvalue weighted by Crippen LogP contribution is -2.38. The molecule has 0 aromatic carbocycles. The monoisotopic (exact) mass is 304 g/mol. The summed E-state index contributed by atoms with van der Waals surface area (Å²) in [5, 5.41) is 0. The molecule has 0 spiro atoms. The number of unbranched alkanes of at least 4 members (excludes halogenated alkanes) is 1. The van der Waals surface area contributed by atoms with Crippen molar-refractivity contribution in [2.24, 2.45) is 5.92 Å². The maximum atomic E-state index is 12.2. The fourth-order valence-corrected chi connectivity index (χ4v) is 4.03.